The molecule has 1 saturated heterocycles. The van der Waals surface area contributed by atoms with E-state index in [-0.39, 0.29) is 34.0 Å². The number of likely N-dealkylation sites (tertiary alicyclic amines) is 1. The molecule has 4 N–H and O–H groups in total. The maximum atomic E-state index is 14.8. The van der Waals surface area contributed by atoms with Crippen molar-refractivity contribution in [3.63, 3.8) is 0 Å². The Morgan fingerprint density at radius 1 is 1.07 bits per heavy atom. The van der Waals surface area contributed by atoms with Gasteiger partial charge in [0.2, 0.25) is 0 Å². The van der Waals surface area contributed by atoms with Crippen molar-refractivity contribution in [3.05, 3.63) is 34.8 Å². The van der Waals surface area contributed by atoms with Crippen LogP contribution in [0.3, 0.4) is 0 Å². The Morgan fingerprint density at radius 3 is 2.29 bits per heavy atom. The van der Waals surface area contributed by atoms with E-state index >= 15 is 0 Å². The summed E-state index contributed by atoms with van der Waals surface area (Å²) >= 11 is 0. The van der Waals surface area contributed by atoms with Crippen molar-refractivity contribution in [3.8, 4) is 11.4 Å². The number of primary amides is 1. The molecule has 4 atom stereocenters. The van der Waals surface area contributed by atoms with Gasteiger partial charge in [-0.15, -0.1) is 0 Å². The molecular formula is C33H47FN5O6+. The van der Waals surface area contributed by atoms with Crippen LogP contribution in [0, 0.1) is 23.7 Å². The fraction of sp³-hybridized carbons (Fsp3) is 0.667. The minimum atomic E-state index is -0.733. The topological polar surface area (TPSA) is 157 Å². The highest BCUT2D eigenvalue weighted by atomic mass is 19.1. The van der Waals surface area contributed by atoms with Gasteiger partial charge in [-0.25, -0.2) is 23.3 Å². The van der Waals surface area contributed by atoms with Gasteiger partial charge in [-0.2, -0.15) is 10.1 Å². The van der Waals surface area contributed by atoms with Crippen molar-refractivity contribution in [1.82, 2.24) is 19.9 Å². The molecule has 45 heavy (non-hydrogen) atoms. The van der Waals surface area contributed by atoms with E-state index in [9.17, 15) is 23.6 Å². The molecule has 3 fully saturated rings. The van der Waals surface area contributed by atoms with Gasteiger partial charge in [-0.05, 0) is 83.3 Å². The molecule has 2 aliphatic carbocycles. The monoisotopic (exact) mass is 628 g/mol. The largest absolute Gasteiger partial charge is 0.460 e. The number of rotatable bonds is 8. The predicted molar refractivity (Wildman–Crippen MR) is 166 cm³/mol. The van der Waals surface area contributed by atoms with Crippen molar-refractivity contribution in [2.45, 2.75) is 103 Å². The third kappa shape index (κ3) is 7.00. The third-order valence-corrected chi connectivity index (χ3v) is 10.2. The zero-order valence-corrected chi connectivity index (χ0v) is 26.6. The number of nitrogens with zero attached hydrogens (tertiary/aromatic N) is 2. The molecule has 3 aliphatic rings. The Balaban J connectivity index is 1.41. The number of carbonyl (C=O) groups is 3. The number of nitrogens with one attached hydrogen (secondary N) is 2. The highest BCUT2D eigenvalue weighted by Crippen LogP contribution is 2.47. The van der Waals surface area contributed by atoms with E-state index in [2.05, 4.69) is 15.5 Å². The van der Waals surface area contributed by atoms with Crippen LogP contribution in [0.4, 0.5) is 14.9 Å². The average molecular weight is 629 g/mol. The molecular weight excluding hydrogens is 581 g/mol. The number of halogens is 1. The van der Waals surface area contributed by atoms with E-state index in [1.807, 2.05) is 12.1 Å². The van der Waals surface area contributed by atoms with E-state index in [1.165, 1.54) is 6.42 Å². The molecule has 2 heterocycles. The molecule has 12 heteroatoms. The number of ether oxygens (including phenoxy) is 1. The fourth-order valence-corrected chi connectivity index (χ4v) is 8.20. The average Bonchev–Trinajstić information content (AvgIpc) is 3.64. The van der Waals surface area contributed by atoms with E-state index in [1.54, 1.807) is 32.9 Å². The lowest BCUT2D eigenvalue weighted by Crippen LogP contribution is -2.65. The summed E-state index contributed by atoms with van der Waals surface area (Å²) < 4.78 is 24.0. The fourth-order valence-electron chi connectivity index (χ4n) is 8.20. The summed E-state index contributed by atoms with van der Waals surface area (Å²) in [6.07, 6.45) is 7.71. The van der Waals surface area contributed by atoms with Gasteiger partial charge in [0, 0.05) is 30.0 Å². The molecule has 1 unspecified atom stereocenters. The zero-order valence-electron chi connectivity index (χ0n) is 26.6. The Labute approximate surface area is 263 Å². The van der Waals surface area contributed by atoms with Gasteiger partial charge < -0.3 is 20.3 Å². The SMILES string of the molecule is CC(C)(C)OC(=O)N[C@H](CF)[C@H]1CC[C@H](C(=O)[N+]2(c3ccc(-c4nc(=O)o[nH]4)cc3)CC[C@@H](C3CCCCC3)[C@H]2C(N)=O)CC1. The van der Waals surface area contributed by atoms with Crippen LogP contribution in [-0.4, -0.2) is 59.0 Å². The molecule has 1 aromatic heterocycles. The number of aromatic nitrogens is 2. The molecule has 2 saturated carbocycles. The standard InChI is InChI=1S/C33H46FN5O6/c1-33(2,3)44-31(42)36-26(19-34)21-9-11-23(12-10-21)30(41)39(24-15-13-22(14-16-24)29-37-32(43)45-38-29)18-17-25(27(39)28(35)40)20-7-5-4-6-8-20/h13-16,20-21,23,25-27H,4-12,17-19H2,1-3H3,(H3-,35,36,37,38,40,42,43)/p+1/t21-,23-,25-,26+,27-,39?/m0/s1. The number of hydrogen-bond acceptors (Lipinski definition) is 7. The number of H-pyrrole nitrogens is 1. The molecule has 11 nitrogen and oxygen atoms in total. The zero-order chi connectivity index (χ0) is 32.4. The first-order valence-electron chi connectivity index (χ1n) is 16.4. The number of alkyl halides is 1. The van der Waals surface area contributed by atoms with Gasteiger partial charge in [-0.1, -0.05) is 19.3 Å². The Bertz CT molecular complexity index is 1400. The normalized spacial score (nSPS) is 28.4. The highest BCUT2D eigenvalue weighted by Gasteiger charge is 2.60. The van der Waals surface area contributed by atoms with Crippen molar-refractivity contribution >= 4 is 23.6 Å². The van der Waals surface area contributed by atoms with Gasteiger partial charge in [-0.3, -0.25) is 4.79 Å². The summed E-state index contributed by atoms with van der Waals surface area (Å²) in [6.45, 7) is 5.02. The van der Waals surface area contributed by atoms with E-state index < -0.39 is 42.1 Å². The van der Waals surface area contributed by atoms with E-state index in [0.717, 1.165) is 32.1 Å². The number of aromatic amines is 1. The summed E-state index contributed by atoms with van der Waals surface area (Å²) in [6, 6.07) is 5.81. The van der Waals surface area contributed by atoms with Crippen molar-refractivity contribution in [2.24, 2.45) is 29.4 Å². The van der Waals surface area contributed by atoms with Crippen LogP contribution < -0.4 is 21.3 Å². The summed E-state index contributed by atoms with van der Waals surface area (Å²) in [7, 11) is 0. The van der Waals surface area contributed by atoms with Crippen LogP contribution >= 0.6 is 0 Å². The molecule has 1 aromatic carbocycles. The Hall–Kier alpha value is -3.54. The van der Waals surface area contributed by atoms with Gasteiger partial charge >= 0.3 is 17.8 Å². The Kier molecular flexibility index (Phi) is 9.81. The van der Waals surface area contributed by atoms with Gasteiger partial charge in [0.25, 0.3) is 5.91 Å². The second-order valence-corrected chi connectivity index (χ2v) is 14.1. The maximum absolute atomic E-state index is 14.8. The molecule has 0 bridgehead atoms. The Morgan fingerprint density at radius 2 is 1.73 bits per heavy atom. The molecule has 0 spiro atoms. The van der Waals surface area contributed by atoms with Crippen LogP contribution in [0.2, 0.25) is 0 Å². The van der Waals surface area contributed by atoms with Crippen LogP contribution in [0.5, 0.6) is 0 Å². The molecule has 2 aromatic rings. The van der Waals surface area contributed by atoms with Crippen LogP contribution in [-0.2, 0) is 14.3 Å². The van der Waals surface area contributed by atoms with E-state index in [4.69, 9.17) is 15.0 Å². The summed E-state index contributed by atoms with van der Waals surface area (Å²) in [5, 5.41) is 5.20. The number of quaternary nitrogens is 1. The molecule has 1 aliphatic heterocycles. The van der Waals surface area contributed by atoms with Crippen molar-refractivity contribution in [2.75, 3.05) is 13.2 Å². The molecule has 246 valence electrons. The van der Waals surface area contributed by atoms with Gasteiger partial charge in [0.05, 0.1) is 18.5 Å². The number of alkyl carbamates (subject to hydrolysis) is 1. The van der Waals surface area contributed by atoms with Gasteiger partial charge in [0.15, 0.2) is 11.9 Å². The first kappa shape index (κ1) is 32.8. The number of amides is 3. The third-order valence-electron chi connectivity index (χ3n) is 10.2. The molecule has 0 radical (unpaired) electrons. The minimum Gasteiger partial charge on any atom is -0.444 e. The maximum Gasteiger partial charge on any atom is 0.460 e. The quantitative estimate of drug-likeness (QED) is 0.348. The second-order valence-electron chi connectivity index (χ2n) is 14.1. The summed E-state index contributed by atoms with van der Waals surface area (Å²) in [4.78, 5) is 55.9. The van der Waals surface area contributed by atoms with E-state index in [0.29, 0.717) is 49.4 Å². The van der Waals surface area contributed by atoms with Crippen LogP contribution in [0.25, 0.3) is 11.4 Å². The van der Waals surface area contributed by atoms with Crippen molar-refractivity contribution in [1.29, 1.82) is 0 Å². The number of carbonyl (C=O) groups excluding carboxylic acids is 3. The smallest absolute Gasteiger partial charge is 0.444 e. The summed E-state index contributed by atoms with van der Waals surface area (Å²) in [5.74, 6) is -1.09. The lowest BCUT2D eigenvalue weighted by atomic mass is 9.75. The number of benzene rings is 1. The second kappa shape index (κ2) is 13.4. The van der Waals surface area contributed by atoms with Crippen LogP contribution in [0.15, 0.2) is 33.6 Å². The first-order valence-corrected chi connectivity index (χ1v) is 16.4. The number of nitrogens with two attached hydrogens (primary N) is 1. The molecule has 3 amide bonds. The summed E-state index contributed by atoms with van der Waals surface area (Å²) in [5.41, 5.74) is 6.81. The molecule has 5 rings (SSSR count). The lowest BCUT2D eigenvalue weighted by molar-refractivity contribution is -0.142. The highest BCUT2D eigenvalue weighted by molar-refractivity contribution is 5.98. The minimum absolute atomic E-state index is 0.00334. The lowest BCUT2D eigenvalue weighted by Gasteiger charge is -2.42. The predicted octanol–water partition coefficient (Wildman–Crippen LogP) is 4.99. The van der Waals surface area contributed by atoms with Crippen LogP contribution in [0.1, 0.15) is 85.0 Å². The number of hydrogen-bond donors (Lipinski definition) is 3. The van der Waals surface area contributed by atoms with Gasteiger partial charge in [0.1, 0.15) is 18.0 Å². The van der Waals surface area contributed by atoms with Crippen molar-refractivity contribution < 1.29 is 28.0 Å². The first-order chi connectivity index (χ1) is 21.4.